The molecule has 3 unspecified atom stereocenters. The van der Waals surface area contributed by atoms with Crippen molar-refractivity contribution in [1.82, 2.24) is 5.32 Å². The van der Waals surface area contributed by atoms with Gasteiger partial charge in [-0.1, -0.05) is 37.3 Å². The number of nitrogens with one attached hydrogen (secondary N) is 1. The van der Waals surface area contributed by atoms with Crippen LogP contribution in [0.15, 0.2) is 30.3 Å². The van der Waals surface area contributed by atoms with Gasteiger partial charge in [0.1, 0.15) is 0 Å². The van der Waals surface area contributed by atoms with E-state index in [9.17, 15) is 8.42 Å². The Morgan fingerprint density at radius 2 is 1.89 bits per heavy atom. The van der Waals surface area contributed by atoms with Crippen LogP contribution in [0, 0.1) is 0 Å². The third-order valence-electron chi connectivity index (χ3n) is 4.30. The Kier molecular flexibility index (Phi) is 4.63. The summed E-state index contributed by atoms with van der Waals surface area (Å²) >= 11 is 0. The Bertz CT molecular complexity index is 498. The highest BCUT2D eigenvalue weighted by Gasteiger charge is 2.37. The lowest BCUT2D eigenvalue weighted by Crippen LogP contribution is -2.46. The summed E-state index contributed by atoms with van der Waals surface area (Å²) in [5, 5.41) is 2.94. The van der Waals surface area contributed by atoms with Crippen molar-refractivity contribution in [3.63, 3.8) is 0 Å². The van der Waals surface area contributed by atoms with E-state index in [1.807, 2.05) is 25.2 Å². The molecule has 0 spiro atoms. The van der Waals surface area contributed by atoms with E-state index in [-0.39, 0.29) is 17.0 Å². The molecule has 2 rings (SSSR count). The number of hydrogen-bond acceptors (Lipinski definition) is 3. The van der Waals surface area contributed by atoms with E-state index >= 15 is 0 Å². The lowest BCUT2D eigenvalue weighted by atomic mass is 9.81. The van der Waals surface area contributed by atoms with Gasteiger partial charge in [0, 0.05) is 11.8 Å². The normalized spacial score (nSPS) is 28.2. The van der Waals surface area contributed by atoms with Crippen LogP contribution in [-0.4, -0.2) is 32.5 Å². The fraction of sp³-hybridized carbons (Fsp3) is 0.600. The number of rotatable bonds is 4. The zero-order chi connectivity index (χ0) is 13.9. The molecule has 106 valence electrons. The summed E-state index contributed by atoms with van der Waals surface area (Å²) in [6.45, 7) is 1.74. The molecule has 4 heteroatoms. The molecule has 1 aromatic rings. The van der Waals surface area contributed by atoms with Crippen molar-refractivity contribution in [2.75, 3.05) is 12.8 Å². The highest BCUT2D eigenvalue weighted by molar-refractivity contribution is 7.92. The van der Waals surface area contributed by atoms with Gasteiger partial charge >= 0.3 is 0 Å². The minimum absolute atomic E-state index is 0.102. The quantitative estimate of drug-likeness (QED) is 0.921. The van der Waals surface area contributed by atoms with E-state index < -0.39 is 9.84 Å². The van der Waals surface area contributed by atoms with Crippen molar-refractivity contribution < 1.29 is 8.42 Å². The Morgan fingerprint density at radius 3 is 2.47 bits per heavy atom. The van der Waals surface area contributed by atoms with Crippen LogP contribution < -0.4 is 5.32 Å². The van der Waals surface area contributed by atoms with Crippen LogP contribution >= 0.6 is 0 Å². The first-order valence-electron chi connectivity index (χ1n) is 7.02. The first-order valence-corrected chi connectivity index (χ1v) is 8.73. The van der Waals surface area contributed by atoms with Gasteiger partial charge in [0.15, 0.2) is 9.84 Å². The summed E-state index contributed by atoms with van der Waals surface area (Å²) in [4.78, 5) is 0. The van der Waals surface area contributed by atoms with Gasteiger partial charge in [-0.2, -0.15) is 0 Å². The molecular formula is C15H23NO2S. The van der Waals surface area contributed by atoms with Gasteiger partial charge in [0.25, 0.3) is 0 Å². The molecule has 0 radical (unpaired) electrons. The van der Waals surface area contributed by atoms with Crippen molar-refractivity contribution in [2.24, 2.45) is 0 Å². The standard InChI is InChI=1S/C15H23NO2S/c1-3-19(17,18)15-11-13(9-10-14(15)16-2)12-7-5-4-6-8-12/h4-8,13-16H,3,9-11H2,1-2H3. The van der Waals surface area contributed by atoms with Crippen LogP contribution in [0.1, 0.15) is 37.7 Å². The third-order valence-corrected chi connectivity index (χ3v) is 6.55. The molecule has 1 N–H and O–H groups in total. The van der Waals surface area contributed by atoms with Gasteiger partial charge in [-0.05, 0) is 37.8 Å². The number of hydrogen-bond donors (Lipinski definition) is 1. The summed E-state index contributed by atoms with van der Waals surface area (Å²) in [6, 6.07) is 10.4. The molecule has 3 atom stereocenters. The van der Waals surface area contributed by atoms with Gasteiger partial charge in [-0.25, -0.2) is 8.42 Å². The Balaban J connectivity index is 2.21. The predicted molar refractivity (Wildman–Crippen MR) is 79.1 cm³/mol. The molecule has 0 heterocycles. The van der Waals surface area contributed by atoms with Crippen molar-refractivity contribution in [3.8, 4) is 0 Å². The van der Waals surface area contributed by atoms with Gasteiger partial charge in [-0.3, -0.25) is 0 Å². The van der Waals surface area contributed by atoms with Crippen molar-refractivity contribution >= 4 is 9.84 Å². The average molecular weight is 281 g/mol. The number of benzene rings is 1. The van der Waals surface area contributed by atoms with Crippen LogP contribution in [0.4, 0.5) is 0 Å². The maximum Gasteiger partial charge on any atom is 0.154 e. The molecule has 19 heavy (non-hydrogen) atoms. The zero-order valence-corrected chi connectivity index (χ0v) is 12.5. The second kappa shape index (κ2) is 6.06. The highest BCUT2D eigenvalue weighted by atomic mass is 32.2. The lowest BCUT2D eigenvalue weighted by Gasteiger charge is -2.35. The summed E-state index contributed by atoms with van der Waals surface area (Å²) in [5.41, 5.74) is 1.27. The average Bonchev–Trinajstić information content (AvgIpc) is 2.47. The molecule has 1 aromatic carbocycles. The molecule has 1 aliphatic carbocycles. The smallest absolute Gasteiger partial charge is 0.154 e. The van der Waals surface area contributed by atoms with Crippen molar-refractivity contribution in [1.29, 1.82) is 0 Å². The molecular weight excluding hydrogens is 258 g/mol. The van der Waals surface area contributed by atoms with Gasteiger partial charge in [0.05, 0.1) is 5.25 Å². The van der Waals surface area contributed by atoms with E-state index in [0.717, 1.165) is 19.3 Å². The first kappa shape index (κ1) is 14.5. The Hall–Kier alpha value is -0.870. The summed E-state index contributed by atoms with van der Waals surface area (Å²) in [7, 11) is -1.12. The van der Waals surface area contributed by atoms with Crippen molar-refractivity contribution in [3.05, 3.63) is 35.9 Å². The van der Waals surface area contributed by atoms with E-state index in [1.165, 1.54) is 5.56 Å². The monoisotopic (exact) mass is 281 g/mol. The molecule has 0 bridgehead atoms. The van der Waals surface area contributed by atoms with Gasteiger partial charge < -0.3 is 5.32 Å². The minimum Gasteiger partial charge on any atom is -0.316 e. The molecule has 1 aliphatic rings. The van der Waals surface area contributed by atoms with E-state index in [2.05, 4.69) is 17.4 Å². The van der Waals surface area contributed by atoms with E-state index in [4.69, 9.17) is 0 Å². The van der Waals surface area contributed by atoms with Crippen LogP contribution in [0.5, 0.6) is 0 Å². The van der Waals surface area contributed by atoms with Gasteiger partial charge in [-0.15, -0.1) is 0 Å². The topological polar surface area (TPSA) is 46.2 Å². The number of sulfone groups is 1. The van der Waals surface area contributed by atoms with Crippen LogP contribution in [0.2, 0.25) is 0 Å². The van der Waals surface area contributed by atoms with Crippen LogP contribution in [0.3, 0.4) is 0 Å². The van der Waals surface area contributed by atoms with Crippen LogP contribution in [-0.2, 0) is 9.84 Å². The highest BCUT2D eigenvalue weighted by Crippen LogP contribution is 2.36. The maximum atomic E-state index is 12.3. The summed E-state index contributed by atoms with van der Waals surface area (Å²) in [5.74, 6) is 0.606. The molecule has 1 saturated carbocycles. The molecule has 0 amide bonds. The first-order chi connectivity index (χ1) is 9.08. The third kappa shape index (κ3) is 3.18. The van der Waals surface area contributed by atoms with Crippen LogP contribution in [0.25, 0.3) is 0 Å². The minimum atomic E-state index is -2.99. The summed E-state index contributed by atoms with van der Waals surface area (Å²) in [6.07, 6.45) is 2.73. The van der Waals surface area contributed by atoms with E-state index in [0.29, 0.717) is 5.92 Å². The fourth-order valence-corrected chi connectivity index (χ4v) is 4.82. The van der Waals surface area contributed by atoms with Crippen molar-refractivity contribution in [2.45, 2.75) is 43.4 Å². The fourth-order valence-electron chi connectivity index (χ4n) is 3.10. The second-order valence-electron chi connectivity index (χ2n) is 5.31. The Labute approximate surface area is 116 Å². The summed E-state index contributed by atoms with van der Waals surface area (Å²) < 4.78 is 24.5. The Morgan fingerprint density at radius 1 is 1.21 bits per heavy atom. The molecule has 1 fully saturated rings. The van der Waals surface area contributed by atoms with E-state index in [1.54, 1.807) is 6.92 Å². The zero-order valence-electron chi connectivity index (χ0n) is 11.7. The molecule has 3 nitrogen and oxygen atoms in total. The molecule has 0 saturated heterocycles. The molecule has 0 aromatic heterocycles. The SMILES string of the molecule is CCS(=O)(=O)C1CC(c2ccccc2)CCC1NC. The lowest BCUT2D eigenvalue weighted by molar-refractivity contribution is 0.357. The maximum absolute atomic E-state index is 12.3. The largest absolute Gasteiger partial charge is 0.316 e. The molecule has 0 aliphatic heterocycles. The predicted octanol–water partition coefficient (Wildman–Crippen LogP) is 2.35. The second-order valence-corrected chi connectivity index (χ2v) is 7.81. The van der Waals surface area contributed by atoms with Gasteiger partial charge in [0.2, 0.25) is 0 Å².